The Morgan fingerprint density at radius 2 is 1.93 bits per heavy atom. The lowest BCUT2D eigenvalue weighted by atomic mass is 10.0. The van der Waals surface area contributed by atoms with Crippen LogP contribution in [0.5, 0.6) is 16.8 Å². The normalized spacial score (nSPS) is 11.1. The third-order valence-corrected chi connectivity index (χ3v) is 5.20. The van der Waals surface area contributed by atoms with E-state index in [4.69, 9.17) is 9.47 Å². The Bertz CT molecular complexity index is 927. The molecule has 0 aliphatic heterocycles. The number of likely N-dealkylation sites (N-methyl/N-ethyl adjacent to an activating group) is 1. The highest BCUT2D eigenvalue weighted by Crippen LogP contribution is 2.30. The molecule has 0 atom stereocenters. The summed E-state index contributed by atoms with van der Waals surface area (Å²) in [5.74, 6) is 1.74. The number of rotatable bonds is 8. The molecule has 0 aliphatic carbocycles. The van der Waals surface area contributed by atoms with Crippen molar-refractivity contribution in [3.63, 3.8) is 0 Å². The molecular weight excluding hydrogens is 374 g/mol. The van der Waals surface area contributed by atoms with Gasteiger partial charge >= 0.3 is 0 Å². The fourth-order valence-corrected chi connectivity index (χ4v) is 3.24. The Kier molecular flexibility index (Phi) is 6.53. The summed E-state index contributed by atoms with van der Waals surface area (Å²) >= 11 is 1.20. The van der Waals surface area contributed by atoms with Crippen LogP contribution in [0.25, 0.3) is 11.5 Å². The van der Waals surface area contributed by atoms with Crippen molar-refractivity contribution >= 4 is 11.5 Å². The molecule has 0 N–H and O–H groups in total. The van der Waals surface area contributed by atoms with Gasteiger partial charge in [-0.1, -0.05) is 13.0 Å². The van der Waals surface area contributed by atoms with Crippen LogP contribution in [-0.4, -0.2) is 51.5 Å². The first-order chi connectivity index (χ1) is 13.5. The Labute approximate surface area is 169 Å². The summed E-state index contributed by atoms with van der Waals surface area (Å²) in [4.78, 5) is 15.1. The van der Waals surface area contributed by atoms with Crippen molar-refractivity contribution in [1.29, 1.82) is 0 Å². The minimum atomic E-state index is 0.451. The van der Waals surface area contributed by atoms with Crippen molar-refractivity contribution in [2.24, 2.45) is 0 Å². The zero-order valence-electron chi connectivity index (χ0n) is 16.9. The van der Waals surface area contributed by atoms with E-state index in [2.05, 4.69) is 64.2 Å². The topological polar surface area (TPSA) is 73.3 Å². The summed E-state index contributed by atoms with van der Waals surface area (Å²) in [6.45, 7) is 8.43. The monoisotopic (exact) mass is 399 g/mol. The van der Waals surface area contributed by atoms with Gasteiger partial charge in [0.05, 0.1) is 19.5 Å². The molecule has 0 spiro atoms. The summed E-state index contributed by atoms with van der Waals surface area (Å²) < 4.78 is 15.3. The van der Waals surface area contributed by atoms with Gasteiger partial charge in [-0.25, -0.2) is 9.97 Å². The maximum atomic E-state index is 6.00. The molecule has 3 rings (SSSR count). The van der Waals surface area contributed by atoms with Crippen LogP contribution in [0.2, 0.25) is 0 Å². The molecule has 0 radical (unpaired) electrons. The second kappa shape index (κ2) is 9.07. The fraction of sp³-hybridized carbons (Fsp3) is 0.400. The number of ether oxygens (including phenoxy) is 2. The van der Waals surface area contributed by atoms with Crippen LogP contribution >= 0.6 is 11.5 Å². The van der Waals surface area contributed by atoms with Crippen LogP contribution < -0.4 is 9.47 Å². The molecule has 8 heteroatoms. The number of aromatic nitrogens is 4. The van der Waals surface area contributed by atoms with E-state index in [0.29, 0.717) is 22.6 Å². The first-order valence-corrected chi connectivity index (χ1v) is 9.94. The van der Waals surface area contributed by atoms with Gasteiger partial charge in [-0.15, -0.1) is 0 Å². The molecule has 2 heterocycles. The van der Waals surface area contributed by atoms with Crippen LogP contribution in [0, 0.1) is 13.8 Å². The molecule has 2 aromatic heterocycles. The second-order valence-corrected chi connectivity index (χ2v) is 7.33. The van der Waals surface area contributed by atoms with E-state index in [-0.39, 0.29) is 0 Å². The van der Waals surface area contributed by atoms with E-state index in [9.17, 15) is 0 Å². The molecule has 7 nitrogen and oxygen atoms in total. The minimum Gasteiger partial charge on any atom is -0.480 e. The van der Waals surface area contributed by atoms with E-state index >= 15 is 0 Å². The summed E-state index contributed by atoms with van der Waals surface area (Å²) in [7, 11) is 3.69. The highest BCUT2D eigenvalue weighted by Gasteiger charge is 2.13. The number of nitrogens with zero attached hydrogens (tertiary/aromatic N) is 5. The molecular formula is C20H25N5O2S. The van der Waals surface area contributed by atoms with E-state index in [1.54, 1.807) is 19.5 Å². The Morgan fingerprint density at radius 1 is 1.11 bits per heavy atom. The number of aryl methyl sites for hydroxylation is 2. The molecule has 28 heavy (non-hydrogen) atoms. The fourth-order valence-electron chi connectivity index (χ4n) is 2.68. The van der Waals surface area contributed by atoms with Crippen molar-refractivity contribution in [3.8, 4) is 28.3 Å². The number of methoxy groups -OCH3 is 1. The molecule has 0 bridgehead atoms. The number of hydrogen-bond donors (Lipinski definition) is 0. The first kappa shape index (κ1) is 20.2. The summed E-state index contributed by atoms with van der Waals surface area (Å²) in [5, 5.41) is 0.480. The van der Waals surface area contributed by atoms with Crippen LogP contribution in [0.1, 0.15) is 23.6 Å². The van der Waals surface area contributed by atoms with Gasteiger partial charge in [0.2, 0.25) is 5.88 Å². The number of benzene rings is 1. The molecule has 1 aromatic carbocycles. The highest BCUT2D eigenvalue weighted by molar-refractivity contribution is 7.07. The predicted octanol–water partition coefficient (Wildman–Crippen LogP) is 3.91. The van der Waals surface area contributed by atoms with Crippen molar-refractivity contribution in [2.75, 3.05) is 27.2 Å². The van der Waals surface area contributed by atoms with Gasteiger partial charge in [0.1, 0.15) is 11.4 Å². The SMILES string of the molecule is CCN(C)CCc1cc(C)c(Oc2nc(-c3cnc(OC)cn3)ns2)cc1C. The maximum absolute atomic E-state index is 6.00. The molecule has 0 unspecified atom stereocenters. The van der Waals surface area contributed by atoms with Gasteiger partial charge in [0.25, 0.3) is 5.19 Å². The van der Waals surface area contributed by atoms with E-state index in [1.807, 2.05) is 0 Å². The molecule has 148 valence electrons. The van der Waals surface area contributed by atoms with Gasteiger partial charge in [-0.05, 0) is 56.6 Å². The molecule has 0 amide bonds. The zero-order valence-corrected chi connectivity index (χ0v) is 17.7. The lowest BCUT2D eigenvalue weighted by Crippen LogP contribution is -2.20. The lowest BCUT2D eigenvalue weighted by molar-refractivity contribution is 0.357. The van der Waals surface area contributed by atoms with E-state index in [0.717, 1.165) is 30.8 Å². The molecule has 3 aromatic rings. The lowest BCUT2D eigenvalue weighted by Gasteiger charge is -2.16. The number of hydrogen-bond acceptors (Lipinski definition) is 8. The van der Waals surface area contributed by atoms with Gasteiger partial charge in [0, 0.05) is 18.1 Å². The average Bonchev–Trinajstić information content (AvgIpc) is 3.17. The third kappa shape index (κ3) is 4.82. The molecule has 0 fully saturated rings. The molecule has 0 saturated heterocycles. The zero-order chi connectivity index (χ0) is 20.1. The van der Waals surface area contributed by atoms with Gasteiger partial charge in [0.15, 0.2) is 5.82 Å². The van der Waals surface area contributed by atoms with Gasteiger partial charge in [-0.2, -0.15) is 9.36 Å². The van der Waals surface area contributed by atoms with Gasteiger partial charge < -0.3 is 14.4 Å². The summed E-state index contributed by atoms with van der Waals surface area (Å²) in [5.41, 5.74) is 4.23. The standard InChI is InChI=1S/C20H25N5O2S/c1-6-25(4)8-7-15-9-14(3)17(10-13(15)2)27-20-23-19(24-28-20)16-11-22-18(26-5)12-21-16/h9-12H,6-8H2,1-5H3. The second-order valence-electron chi connectivity index (χ2n) is 6.62. The molecule has 0 saturated carbocycles. The van der Waals surface area contributed by atoms with E-state index < -0.39 is 0 Å². The van der Waals surface area contributed by atoms with Crippen LogP contribution in [-0.2, 0) is 6.42 Å². The Morgan fingerprint density at radius 3 is 2.61 bits per heavy atom. The smallest absolute Gasteiger partial charge is 0.299 e. The van der Waals surface area contributed by atoms with Crippen molar-refractivity contribution in [2.45, 2.75) is 27.2 Å². The third-order valence-electron chi connectivity index (χ3n) is 4.61. The van der Waals surface area contributed by atoms with Crippen LogP contribution in [0.15, 0.2) is 24.5 Å². The molecule has 0 aliphatic rings. The maximum Gasteiger partial charge on any atom is 0.299 e. The quantitative estimate of drug-likeness (QED) is 0.568. The van der Waals surface area contributed by atoms with Crippen LogP contribution in [0.4, 0.5) is 0 Å². The Balaban J connectivity index is 1.73. The van der Waals surface area contributed by atoms with Crippen molar-refractivity contribution in [3.05, 3.63) is 41.2 Å². The first-order valence-electron chi connectivity index (χ1n) is 9.16. The van der Waals surface area contributed by atoms with E-state index in [1.165, 1.54) is 22.7 Å². The Hall–Kier alpha value is -2.58. The van der Waals surface area contributed by atoms with Gasteiger partial charge in [-0.3, -0.25) is 0 Å². The minimum absolute atomic E-state index is 0.451. The summed E-state index contributed by atoms with van der Waals surface area (Å²) in [6.07, 6.45) is 4.15. The highest BCUT2D eigenvalue weighted by atomic mass is 32.1. The van der Waals surface area contributed by atoms with Crippen molar-refractivity contribution < 1.29 is 9.47 Å². The van der Waals surface area contributed by atoms with Crippen molar-refractivity contribution in [1.82, 2.24) is 24.2 Å². The predicted molar refractivity (Wildman–Crippen MR) is 110 cm³/mol. The van der Waals surface area contributed by atoms with Crippen LogP contribution in [0.3, 0.4) is 0 Å². The summed E-state index contributed by atoms with van der Waals surface area (Å²) in [6, 6.07) is 4.27. The largest absolute Gasteiger partial charge is 0.480 e. The average molecular weight is 400 g/mol.